The van der Waals surface area contributed by atoms with Crippen LogP contribution in [0.15, 0.2) is 47.2 Å². The zero-order valence-corrected chi connectivity index (χ0v) is 24.5. The highest BCUT2D eigenvalue weighted by atomic mass is 79.9. The number of nitrogens with zero attached hydrogens (tertiary/aromatic N) is 4. The fourth-order valence-corrected chi connectivity index (χ4v) is 6.32. The van der Waals surface area contributed by atoms with Crippen LogP contribution >= 0.6 is 27.5 Å². The van der Waals surface area contributed by atoms with Crippen molar-refractivity contribution in [2.45, 2.75) is 44.8 Å². The van der Waals surface area contributed by atoms with Crippen LogP contribution in [0.4, 0.5) is 11.4 Å². The fraction of sp³-hybridized carbons (Fsp3) is 0.393. The summed E-state index contributed by atoms with van der Waals surface area (Å²) >= 11 is 9.48. The van der Waals surface area contributed by atoms with Crippen LogP contribution in [0.1, 0.15) is 47.4 Å². The van der Waals surface area contributed by atoms with E-state index in [2.05, 4.69) is 31.5 Å². The van der Waals surface area contributed by atoms with E-state index in [-0.39, 0.29) is 46.9 Å². The van der Waals surface area contributed by atoms with E-state index in [1.54, 1.807) is 40.4 Å². The Morgan fingerprint density at radius 3 is 2.52 bits per heavy atom. The van der Waals surface area contributed by atoms with Gasteiger partial charge in [0.15, 0.2) is 0 Å². The lowest BCUT2D eigenvalue weighted by Crippen LogP contribution is -2.56. The van der Waals surface area contributed by atoms with Gasteiger partial charge in [-0.2, -0.15) is 0 Å². The Morgan fingerprint density at radius 1 is 1.07 bits per heavy atom. The number of nitro benzene ring substituents is 1. The van der Waals surface area contributed by atoms with Gasteiger partial charge in [-0.3, -0.25) is 24.7 Å². The number of anilines is 1. The minimum absolute atomic E-state index is 0.101. The smallest absolute Gasteiger partial charge is 0.294 e. The number of aromatic nitrogens is 1. The maximum absolute atomic E-state index is 13.7. The van der Waals surface area contributed by atoms with Crippen LogP contribution in [0.25, 0.3) is 10.8 Å². The molecule has 0 saturated carbocycles. The predicted octanol–water partition coefficient (Wildman–Crippen LogP) is 5.10. The topological polar surface area (TPSA) is 121 Å². The lowest BCUT2D eigenvalue weighted by atomic mass is 10.0. The summed E-state index contributed by atoms with van der Waals surface area (Å²) in [6.45, 7) is 5.88. The molecular weight excluding hydrogens is 600 g/mol. The summed E-state index contributed by atoms with van der Waals surface area (Å²) in [5.41, 5.74) is 0.702. The number of nitro groups is 1. The van der Waals surface area contributed by atoms with Crippen LogP contribution in [0.5, 0.6) is 0 Å². The van der Waals surface area contributed by atoms with E-state index in [0.29, 0.717) is 54.1 Å². The molecule has 2 saturated heterocycles. The Balaban J connectivity index is 1.42. The Hall–Kier alpha value is -3.28. The second-order valence-electron chi connectivity index (χ2n) is 10.6. The molecule has 3 aromatic rings. The number of amides is 2. The minimum Gasteiger partial charge on any atom is -0.374 e. The fourth-order valence-electron chi connectivity index (χ4n) is 5.69. The van der Waals surface area contributed by atoms with Crippen LogP contribution in [0.2, 0.25) is 5.02 Å². The standard InChI is InChI=1S/C28H30BrClN6O4/c1-16-13-35(14-17(2)32-16)27(37)23-9-19(29)10-25(36(39)40)26(23)33-21-4-3-7-34(15-21)28(38)24-12-31-11-18-8-20(30)5-6-22(18)24/h5-6,8-12,16-17,21,32-33H,3-4,7,13-15H2,1-2H3/t16-,17+,21-/m1/s1. The van der Waals surface area contributed by atoms with E-state index >= 15 is 0 Å². The monoisotopic (exact) mass is 628 g/mol. The van der Waals surface area contributed by atoms with Gasteiger partial charge in [-0.15, -0.1) is 0 Å². The minimum atomic E-state index is -0.481. The first kappa shape index (κ1) is 28.3. The lowest BCUT2D eigenvalue weighted by molar-refractivity contribution is -0.384. The highest BCUT2D eigenvalue weighted by Crippen LogP contribution is 2.35. The van der Waals surface area contributed by atoms with Gasteiger partial charge in [0, 0.05) is 77.6 Å². The third-order valence-corrected chi connectivity index (χ3v) is 8.06. The molecule has 2 aromatic carbocycles. The molecule has 0 spiro atoms. The third-order valence-electron chi connectivity index (χ3n) is 7.36. The van der Waals surface area contributed by atoms with Crippen molar-refractivity contribution in [2.24, 2.45) is 0 Å². The molecule has 2 aliphatic heterocycles. The molecule has 2 N–H and O–H groups in total. The van der Waals surface area contributed by atoms with Gasteiger partial charge in [-0.1, -0.05) is 33.6 Å². The molecular formula is C28H30BrClN6O4. The van der Waals surface area contributed by atoms with Crippen molar-refractivity contribution in [2.75, 3.05) is 31.5 Å². The van der Waals surface area contributed by atoms with Crippen LogP contribution in [0, 0.1) is 10.1 Å². The summed E-state index contributed by atoms with van der Waals surface area (Å²) in [6, 6.07) is 8.27. The molecule has 210 valence electrons. The number of fused-ring (bicyclic) bond motifs is 1. The number of carbonyl (C=O) groups excluding carboxylic acids is 2. The second-order valence-corrected chi connectivity index (χ2v) is 11.9. The van der Waals surface area contributed by atoms with Crippen LogP contribution in [0.3, 0.4) is 0 Å². The molecule has 3 heterocycles. The predicted molar refractivity (Wildman–Crippen MR) is 158 cm³/mol. The Bertz CT molecular complexity index is 1480. The average molecular weight is 630 g/mol. The summed E-state index contributed by atoms with van der Waals surface area (Å²) in [7, 11) is 0. The molecule has 0 bridgehead atoms. The number of rotatable bonds is 5. The van der Waals surface area contributed by atoms with Gasteiger partial charge in [0.2, 0.25) is 0 Å². The van der Waals surface area contributed by atoms with Crippen LogP contribution in [-0.2, 0) is 0 Å². The first-order valence-electron chi connectivity index (χ1n) is 13.2. The van der Waals surface area contributed by atoms with Crippen molar-refractivity contribution in [1.82, 2.24) is 20.1 Å². The second kappa shape index (κ2) is 11.7. The first-order valence-corrected chi connectivity index (χ1v) is 14.4. The van der Waals surface area contributed by atoms with E-state index in [1.165, 1.54) is 6.07 Å². The molecule has 10 nitrogen and oxygen atoms in total. The van der Waals surface area contributed by atoms with Crippen molar-refractivity contribution < 1.29 is 14.5 Å². The molecule has 1 aromatic heterocycles. The van der Waals surface area contributed by atoms with Gasteiger partial charge < -0.3 is 20.4 Å². The van der Waals surface area contributed by atoms with Crippen molar-refractivity contribution in [3.63, 3.8) is 0 Å². The van der Waals surface area contributed by atoms with E-state index in [1.807, 2.05) is 19.9 Å². The van der Waals surface area contributed by atoms with Crippen molar-refractivity contribution in [1.29, 1.82) is 0 Å². The number of nitrogens with one attached hydrogen (secondary N) is 2. The molecule has 5 rings (SSSR count). The van der Waals surface area contributed by atoms with E-state index in [0.717, 1.165) is 10.8 Å². The van der Waals surface area contributed by atoms with Crippen molar-refractivity contribution in [3.05, 3.63) is 73.5 Å². The zero-order valence-electron chi connectivity index (χ0n) is 22.2. The third kappa shape index (κ3) is 5.91. The summed E-state index contributed by atoms with van der Waals surface area (Å²) in [6.07, 6.45) is 4.62. The van der Waals surface area contributed by atoms with Gasteiger partial charge in [0.25, 0.3) is 17.5 Å². The van der Waals surface area contributed by atoms with Crippen LogP contribution in [-0.4, -0.2) is 75.8 Å². The largest absolute Gasteiger partial charge is 0.374 e. The number of piperidine rings is 1. The summed E-state index contributed by atoms with van der Waals surface area (Å²) in [5.74, 6) is -0.436. The Morgan fingerprint density at radius 2 is 1.80 bits per heavy atom. The molecule has 12 heteroatoms. The number of carbonyl (C=O) groups is 2. The maximum Gasteiger partial charge on any atom is 0.294 e. The summed E-state index contributed by atoms with van der Waals surface area (Å²) in [5, 5.41) is 20.9. The van der Waals surface area contributed by atoms with Crippen molar-refractivity contribution in [3.8, 4) is 0 Å². The van der Waals surface area contributed by atoms with Crippen LogP contribution < -0.4 is 10.6 Å². The number of hydrogen-bond acceptors (Lipinski definition) is 7. The van der Waals surface area contributed by atoms with Gasteiger partial charge in [-0.25, -0.2) is 0 Å². The van der Waals surface area contributed by atoms with Gasteiger partial charge in [0.1, 0.15) is 5.69 Å². The lowest BCUT2D eigenvalue weighted by Gasteiger charge is -2.37. The molecule has 2 aliphatic rings. The molecule has 0 aliphatic carbocycles. The number of hydrogen-bond donors (Lipinski definition) is 2. The van der Waals surface area contributed by atoms with Gasteiger partial charge in [-0.05, 0) is 50.3 Å². The first-order chi connectivity index (χ1) is 19.1. The van der Waals surface area contributed by atoms with E-state index in [9.17, 15) is 19.7 Å². The highest BCUT2D eigenvalue weighted by molar-refractivity contribution is 9.10. The quantitative estimate of drug-likeness (QED) is 0.298. The zero-order chi connectivity index (χ0) is 28.6. The number of halogens is 2. The number of benzene rings is 2. The normalized spacial score (nSPS) is 21.4. The van der Waals surface area contributed by atoms with Gasteiger partial charge >= 0.3 is 0 Å². The van der Waals surface area contributed by atoms with E-state index in [4.69, 9.17) is 11.6 Å². The number of piperazine rings is 1. The Kier molecular flexibility index (Phi) is 8.25. The van der Waals surface area contributed by atoms with Crippen molar-refractivity contribution >= 4 is 61.5 Å². The molecule has 2 fully saturated rings. The number of likely N-dealkylation sites (tertiary alicyclic amines) is 1. The van der Waals surface area contributed by atoms with E-state index < -0.39 is 4.92 Å². The van der Waals surface area contributed by atoms with Gasteiger partial charge in [0.05, 0.1) is 16.1 Å². The molecule has 0 unspecified atom stereocenters. The summed E-state index contributed by atoms with van der Waals surface area (Å²) < 4.78 is 0.452. The highest BCUT2D eigenvalue weighted by Gasteiger charge is 2.33. The Labute approximate surface area is 245 Å². The maximum atomic E-state index is 13.7. The summed E-state index contributed by atoms with van der Waals surface area (Å²) in [4.78, 5) is 46.7. The molecule has 40 heavy (non-hydrogen) atoms. The molecule has 0 radical (unpaired) electrons. The molecule has 2 amide bonds. The average Bonchev–Trinajstić information content (AvgIpc) is 2.92. The number of pyridine rings is 1. The SMILES string of the molecule is C[C@@H]1CN(C(=O)c2cc(Br)cc([N+](=O)[O-])c2N[C@@H]2CCCN(C(=O)c3cncc4cc(Cl)ccc34)C2)C[C@H](C)N1. The molecule has 3 atom stereocenters.